The summed E-state index contributed by atoms with van der Waals surface area (Å²) < 4.78 is 4.55. The van der Waals surface area contributed by atoms with Gasteiger partial charge in [-0.3, -0.25) is 4.57 Å². The first-order valence-corrected chi connectivity index (χ1v) is 22.7. The highest BCUT2D eigenvalue weighted by Gasteiger charge is 2.22. The van der Waals surface area contributed by atoms with Gasteiger partial charge in [-0.1, -0.05) is 194 Å². The molecule has 0 unspecified atom stereocenters. The maximum absolute atomic E-state index is 5.27. The van der Waals surface area contributed by atoms with Crippen LogP contribution in [0, 0.1) is 0 Å². The van der Waals surface area contributed by atoms with E-state index in [1.807, 2.05) is 72.8 Å². The van der Waals surface area contributed by atoms with Gasteiger partial charge in [-0.25, -0.2) is 15.0 Å². The summed E-state index contributed by atoms with van der Waals surface area (Å²) in [5.74, 6) is 2.42. The summed E-state index contributed by atoms with van der Waals surface area (Å²) in [7, 11) is 0. The Morgan fingerprint density at radius 1 is 0.235 bits per heavy atom. The number of para-hydroxylation sites is 2. The lowest BCUT2D eigenvalue weighted by atomic mass is 10.0. The van der Waals surface area contributed by atoms with Gasteiger partial charge in [0.2, 0.25) is 5.95 Å². The van der Waals surface area contributed by atoms with Crippen molar-refractivity contribution in [3.63, 3.8) is 0 Å². The van der Waals surface area contributed by atoms with Gasteiger partial charge in [0.1, 0.15) is 0 Å². The fourth-order valence-corrected chi connectivity index (χ4v) is 9.55. The van der Waals surface area contributed by atoms with Gasteiger partial charge in [-0.2, -0.15) is 9.97 Å². The van der Waals surface area contributed by atoms with E-state index in [1.54, 1.807) is 0 Å². The zero-order valence-electron chi connectivity index (χ0n) is 36.6. The van der Waals surface area contributed by atoms with E-state index in [0.717, 1.165) is 94.1 Å². The molecule has 7 heteroatoms. The average Bonchev–Trinajstić information content (AvgIpc) is 3.93. The van der Waals surface area contributed by atoms with Gasteiger partial charge in [0, 0.05) is 55.0 Å². The molecular weight excluding hydrogens is 831 g/mol. The topological polar surface area (TPSA) is 74.3 Å². The molecule has 9 aromatic carbocycles. The van der Waals surface area contributed by atoms with Gasteiger partial charge in [0.05, 0.1) is 33.5 Å². The Labute approximate surface area is 392 Å². The SMILES string of the molecule is c1ccc(-c2ccc(-c3cc(-c4ccccc4)nc(-c4cccc(-n5c6ccccc6c6cc7c8ccccc8n(-c8nc(-c9ccccc9)nc(-c9ccccc9)n8)c7cc65)c4)n3)cc2)cc1. The summed E-state index contributed by atoms with van der Waals surface area (Å²) in [6.45, 7) is 0. The third-order valence-corrected chi connectivity index (χ3v) is 12.8. The first kappa shape index (κ1) is 39.1. The number of fused-ring (bicyclic) bond motifs is 6. The van der Waals surface area contributed by atoms with Crippen molar-refractivity contribution in [2.24, 2.45) is 0 Å². The van der Waals surface area contributed by atoms with Crippen molar-refractivity contribution in [2.45, 2.75) is 0 Å². The number of rotatable bonds is 8. The van der Waals surface area contributed by atoms with Crippen molar-refractivity contribution in [1.82, 2.24) is 34.1 Å². The highest BCUT2D eigenvalue weighted by Crippen LogP contribution is 2.40. The summed E-state index contributed by atoms with van der Waals surface area (Å²) in [6, 6.07) is 82.2. The quantitative estimate of drug-likeness (QED) is 0.152. The Kier molecular flexibility index (Phi) is 9.35. The van der Waals surface area contributed by atoms with Crippen LogP contribution in [0.4, 0.5) is 0 Å². The van der Waals surface area contributed by atoms with Gasteiger partial charge in [-0.05, 0) is 53.6 Å². The second kappa shape index (κ2) is 16.3. The molecule has 0 radical (unpaired) electrons. The van der Waals surface area contributed by atoms with Crippen molar-refractivity contribution >= 4 is 43.6 Å². The molecule has 13 rings (SSSR count). The molecule has 4 heterocycles. The number of benzene rings is 9. The molecule has 68 heavy (non-hydrogen) atoms. The Hall–Kier alpha value is -9.33. The zero-order valence-corrected chi connectivity index (χ0v) is 36.6. The van der Waals surface area contributed by atoms with E-state index in [2.05, 4.69) is 173 Å². The van der Waals surface area contributed by atoms with Crippen LogP contribution in [0.5, 0.6) is 0 Å². The Morgan fingerprint density at radius 3 is 1.25 bits per heavy atom. The molecule has 0 N–H and O–H groups in total. The Bertz CT molecular complexity index is 3940. The molecule has 0 saturated carbocycles. The molecule has 4 aromatic heterocycles. The smallest absolute Gasteiger partial charge is 0.238 e. The summed E-state index contributed by atoms with van der Waals surface area (Å²) in [5.41, 5.74) is 14.0. The largest absolute Gasteiger partial charge is 0.309 e. The number of nitrogens with zero attached hydrogens (tertiary/aromatic N) is 7. The van der Waals surface area contributed by atoms with Gasteiger partial charge >= 0.3 is 0 Å². The zero-order chi connectivity index (χ0) is 45.0. The molecule has 7 nitrogen and oxygen atoms in total. The minimum Gasteiger partial charge on any atom is -0.309 e. The van der Waals surface area contributed by atoms with Crippen molar-refractivity contribution in [3.05, 3.63) is 237 Å². The van der Waals surface area contributed by atoms with Crippen LogP contribution in [0.2, 0.25) is 0 Å². The molecule has 0 aliphatic rings. The molecular formula is C61H39N7. The number of aromatic nitrogens is 7. The van der Waals surface area contributed by atoms with Gasteiger partial charge < -0.3 is 4.57 Å². The fraction of sp³-hybridized carbons (Fsp3) is 0. The first-order valence-electron chi connectivity index (χ1n) is 22.7. The van der Waals surface area contributed by atoms with E-state index < -0.39 is 0 Å². The molecule has 0 spiro atoms. The Balaban J connectivity index is 1.01. The van der Waals surface area contributed by atoms with Crippen LogP contribution in [0.25, 0.3) is 123 Å². The number of hydrogen-bond acceptors (Lipinski definition) is 5. The van der Waals surface area contributed by atoms with Gasteiger partial charge in [0.15, 0.2) is 17.5 Å². The van der Waals surface area contributed by atoms with E-state index in [1.165, 1.54) is 5.56 Å². The summed E-state index contributed by atoms with van der Waals surface area (Å²) in [5, 5.41) is 4.54. The van der Waals surface area contributed by atoms with Crippen LogP contribution < -0.4 is 0 Å². The molecule has 0 bridgehead atoms. The second-order valence-corrected chi connectivity index (χ2v) is 16.9. The second-order valence-electron chi connectivity index (χ2n) is 16.9. The molecule has 13 aromatic rings. The lowest BCUT2D eigenvalue weighted by Crippen LogP contribution is -2.06. The summed E-state index contributed by atoms with van der Waals surface area (Å²) >= 11 is 0. The van der Waals surface area contributed by atoms with Crippen LogP contribution in [0.1, 0.15) is 0 Å². The predicted octanol–water partition coefficient (Wildman–Crippen LogP) is 14.9. The lowest BCUT2D eigenvalue weighted by molar-refractivity contribution is 0.953. The lowest BCUT2D eigenvalue weighted by Gasteiger charge is -2.13. The monoisotopic (exact) mass is 869 g/mol. The van der Waals surface area contributed by atoms with Crippen molar-refractivity contribution in [1.29, 1.82) is 0 Å². The van der Waals surface area contributed by atoms with E-state index >= 15 is 0 Å². The van der Waals surface area contributed by atoms with E-state index in [-0.39, 0.29) is 0 Å². The summed E-state index contributed by atoms with van der Waals surface area (Å²) in [6.07, 6.45) is 0. The van der Waals surface area contributed by atoms with Crippen molar-refractivity contribution in [2.75, 3.05) is 0 Å². The maximum Gasteiger partial charge on any atom is 0.238 e. The van der Waals surface area contributed by atoms with Crippen LogP contribution >= 0.6 is 0 Å². The standard InChI is InChI=1S/C61H39N7/c1-5-18-40(19-6-1)41-32-34-43(35-33-41)53-38-52(42-20-7-2-8-21-42)62-60(63-53)46-26-17-27-47(36-46)67-54-30-15-13-28-48(54)50-37-51-49-29-14-16-31-55(49)68(57(51)39-56(50)67)61-65-58(44-22-9-3-10-23-44)64-59(66-61)45-24-11-4-12-25-45/h1-39H. The fourth-order valence-electron chi connectivity index (χ4n) is 9.55. The maximum atomic E-state index is 5.27. The molecule has 318 valence electrons. The minimum atomic E-state index is 0.550. The first-order chi connectivity index (χ1) is 33.7. The van der Waals surface area contributed by atoms with E-state index in [0.29, 0.717) is 23.4 Å². The van der Waals surface area contributed by atoms with Crippen molar-refractivity contribution in [3.8, 4) is 79.4 Å². The van der Waals surface area contributed by atoms with Crippen LogP contribution in [-0.4, -0.2) is 34.1 Å². The molecule has 0 saturated heterocycles. The van der Waals surface area contributed by atoms with Gasteiger partial charge in [0.25, 0.3) is 0 Å². The molecule has 0 aliphatic carbocycles. The van der Waals surface area contributed by atoms with Crippen LogP contribution in [0.3, 0.4) is 0 Å². The van der Waals surface area contributed by atoms with E-state index in [9.17, 15) is 0 Å². The van der Waals surface area contributed by atoms with Gasteiger partial charge in [-0.15, -0.1) is 0 Å². The highest BCUT2D eigenvalue weighted by atomic mass is 15.2. The molecule has 0 atom stereocenters. The predicted molar refractivity (Wildman–Crippen MR) is 277 cm³/mol. The molecule has 0 amide bonds. The third kappa shape index (κ3) is 6.80. The van der Waals surface area contributed by atoms with E-state index in [4.69, 9.17) is 24.9 Å². The normalized spacial score (nSPS) is 11.5. The van der Waals surface area contributed by atoms with Crippen LogP contribution in [-0.2, 0) is 0 Å². The third-order valence-electron chi connectivity index (χ3n) is 12.8. The van der Waals surface area contributed by atoms with Crippen molar-refractivity contribution < 1.29 is 0 Å². The van der Waals surface area contributed by atoms with Crippen LogP contribution in [0.15, 0.2) is 237 Å². The molecule has 0 fully saturated rings. The number of hydrogen-bond donors (Lipinski definition) is 0. The average molecular weight is 870 g/mol. The summed E-state index contributed by atoms with van der Waals surface area (Å²) in [4.78, 5) is 26.0. The Morgan fingerprint density at radius 2 is 0.662 bits per heavy atom. The highest BCUT2D eigenvalue weighted by molar-refractivity contribution is 6.19. The minimum absolute atomic E-state index is 0.550. The molecule has 0 aliphatic heterocycles.